The number of pyridine rings is 1. The van der Waals surface area contributed by atoms with Crippen LogP contribution in [0.1, 0.15) is 77.0 Å². The molecule has 8 rings (SSSR count). The van der Waals surface area contributed by atoms with Gasteiger partial charge in [0.05, 0.1) is 12.0 Å². The first-order valence-electron chi connectivity index (χ1n) is 19.5. The van der Waals surface area contributed by atoms with E-state index in [9.17, 15) is 5.11 Å². The number of ether oxygens (including phenoxy) is 2. The number of phenols is 1. The molecule has 2 bridgehead atoms. The molecule has 3 fully saturated rings. The zero-order chi connectivity index (χ0) is 36.6. The van der Waals surface area contributed by atoms with Crippen molar-refractivity contribution in [1.29, 1.82) is 0 Å². The van der Waals surface area contributed by atoms with E-state index < -0.39 is 5.82 Å². The van der Waals surface area contributed by atoms with Crippen LogP contribution in [-0.4, -0.2) is 76.1 Å². The fraction of sp³-hybridized carbons (Fsp3) is 0.524. The molecule has 0 radical (unpaired) electrons. The van der Waals surface area contributed by atoms with E-state index in [2.05, 4.69) is 42.7 Å². The highest BCUT2D eigenvalue weighted by Crippen LogP contribution is 2.42. The second-order valence-electron chi connectivity index (χ2n) is 15.9. The predicted octanol–water partition coefficient (Wildman–Crippen LogP) is 8.41. The number of nitrogens with zero attached hydrogens (tertiary/aromatic N) is 6. The summed E-state index contributed by atoms with van der Waals surface area (Å²) in [4.78, 5) is 19.0. The van der Waals surface area contributed by atoms with E-state index in [4.69, 9.17) is 28.9 Å². The topological polar surface area (TPSA) is 110 Å². The minimum absolute atomic E-state index is 0.0649. The van der Waals surface area contributed by atoms with Crippen LogP contribution in [0.5, 0.6) is 17.6 Å². The maximum atomic E-state index is 16.9. The van der Waals surface area contributed by atoms with E-state index in [0.717, 1.165) is 74.1 Å². The number of benzene rings is 2. The Kier molecular flexibility index (Phi) is 10.1. The molecular weight excluding hydrogens is 671 g/mol. The SMILES string of the molecule is CCc1cccc2cc(O)cc(-c3ncc4c(N5CC6CCC(C6)C5)nc(OCCN5CCC(COc6cc(C(C)C(C)C)on6)CC5)nc4c3F)c12. The molecule has 10 nitrogen and oxygen atoms in total. The highest BCUT2D eigenvalue weighted by molar-refractivity contribution is 6.01. The van der Waals surface area contributed by atoms with Gasteiger partial charge in [-0.05, 0) is 109 Å². The van der Waals surface area contributed by atoms with Gasteiger partial charge in [-0.15, -0.1) is 0 Å². The van der Waals surface area contributed by atoms with Gasteiger partial charge in [-0.1, -0.05) is 45.9 Å². The van der Waals surface area contributed by atoms with Crippen LogP contribution >= 0.6 is 0 Å². The molecule has 5 aromatic rings. The standard InChI is InChI=1S/C42H51FN6O4/c1-5-30-7-6-8-31-18-32(50)19-33(37(30)31)39-38(43)40-34(21-44-39)41(49-22-28-9-10-29(17-28)23-49)46-42(45-40)51-16-15-48-13-11-27(12-14-48)24-52-36-20-35(53-47-36)26(4)25(2)3/h6-8,18-21,25-29,50H,5,9-17,22-24H2,1-4H3. The average Bonchev–Trinajstić information content (AvgIpc) is 3.78. The van der Waals surface area contributed by atoms with E-state index in [-0.39, 0.29) is 23.0 Å². The summed E-state index contributed by atoms with van der Waals surface area (Å²) in [6.45, 7) is 13.9. The summed E-state index contributed by atoms with van der Waals surface area (Å²) in [5.74, 6) is 4.09. The number of anilines is 1. The van der Waals surface area contributed by atoms with Crippen LogP contribution in [0.15, 0.2) is 47.1 Å². The number of phenolic OH excluding ortho intramolecular Hbond substituents is 1. The summed E-state index contributed by atoms with van der Waals surface area (Å²) in [6, 6.07) is 11.4. The lowest BCUT2D eigenvalue weighted by Gasteiger charge is -2.33. The fourth-order valence-electron chi connectivity index (χ4n) is 8.60. The summed E-state index contributed by atoms with van der Waals surface area (Å²) < 4.78 is 34.7. The van der Waals surface area contributed by atoms with Gasteiger partial charge in [-0.25, -0.2) is 4.39 Å². The van der Waals surface area contributed by atoms with Crippen molar-refractivity contribution >= 4 is 27.5 Å². The fourth-order valence-corrected chi connectivity index (χ4v) is 8.60. The summed E-state index contributed by atoms with van der Waals surface area (Å²) in [7, 11) is 0. The van der Waals surface area contributed by atoms with Crippen LogP contribution < -0.4 is 14.4 Å². The molecule has 1 aliphatic carbocycles. The molecular formula is C42H51FN6O4. The number of aromatic nitrogens is 4. The van der Waals surface area contributed by atoms with Crippen molar-refractivity contribution in [2.45, 2.75) is 72.1 Å². The molecule has 3 atom stereocenters. The van der Waals surface area contributed by atoms with Crippen LogP contribution in [-0.2, 0) is 6.42 Å². The van der Waals surface area contributed by atoms with E-state index in [0.29, 0.717) is 65.5 Å². The Hall–Kier alpha value is -4.51. The Balaban J connectivity index is 0.990. The predicted molar refractivity (Wildman–Crippen MR) is 204 cm³/mol. The second-order valence-corrected chi connectivity index (χ2v) is 15.9. The molecule has 3 aliphatic rings. The minimum Gasteiger partial charge on any atom is -0.508 e. The first-order valence-corrected chi connectivity index (χ1v) is 19.5. The molecule has 1 saturated carbocycles. The second kappa shape index (κ2) is 15.1. The van der Waals surface area contributed by atoms with Crippen LogP contribution in [0, 0.1) is 29.5 Å². The molecule has 2 saturated heterocycles. The minimum atomic E-state index is -0.533. The quantitative estimate of drug-likeness (QED) is 0.135. The van der Waals surface area contributed by atoms with Gasteiger partial charge in [0, 0.05) is 43.4 Å². The molecule has 11 heteroatoms. The van der Waals surface area contributed by atoms with Gasteiger partial charge in [0.15, 0.2) is 5.82 Å². The Morgan fingerprint density at radius 3 is 2.55 bits per heavy atom. The number of likely N-dealkylation sites (tertiary alicyclic amines) is 1. The molecule has 0 amide bonds. The highest BCUT2D eigenvalue weighted by atomic mass is 19.1. The normalized spacial score (nSPS) is 20.2. The lowest BCUT2D eigenvalue weighted by atomic mass is 9.95. The Labute approximate surface area is 310 Å². The number of hydrogen-bond donors (Lipinski definition) is 1. The van der Waals surface area contributed by atoms with Gasteiger partial charge in [-0.3, -0.25) is 9.88 Å². The first-order chi connectivity index (χ1) is 25.7. The maximum Gasteiger partial charge on any atom is 0.319 e. The Bertz CT molecular complexity index is 2070. The molecule has 2 aliphatic heterocycles. The third-order valence-electron chi connectivity index (χ3n) is 12.0. The van der Waals surface area contributed by atoms with Gasteiger partial charge in [0.1, 0.15) is 35.1 Å². The first kappa shape index (κ1) is 35.5. The number of rotatable bonds is 12. The number of halogens is 1. The van der Waals surface area contributed by atoms with Crippen molar-refractivity contribution < 1.29 is 23.5 Å². The summed E-state index contributed by atoms with van der Waals surface area (Å²) >= 11 is 0. The zero-order valence-electron chi connectivity index (χ0n) is 31.4. The maximum absolute atomic E-state index is 16.9. The third kappa shape index (κ3) is 7.37. The van der Waals surface area contributed by atoms with Crippen LogP contribution in [0.3, 0.4) is 0 Å². The van der Waals surface area contributed by atoms with Crippen molar-refractivity contribution in [3.63, 3.8) is 0 Å². The van der Waals surface area contributed by atoms with Crippen molar-refractivity contribution in [2.75, 3.05) is 50.8 Å². The number of piperidine rings is 2. The molecule has 3 unspecified atom stereocenters. The number of aromatic hydroxyl groups is 1. The number of fused-ring (bicyclic) bond motifs is 4. The van der Waals surface area contributed by atoms with Gasteiger partial charge in [0.25, 0.3) is 5.88 Å². The molecule has 280 valence electrons. The van der Waals surface area contributed by atoms with Crippen molar-refractivity contribution in [2.24, 2.45) is 23.7 Å². The van der Waals surface area contributed by atoms with Crippen molar-refractivity contribution in [3.05, 3.63) is 59.7 Å². The highest BCUT2D eigenvalue weighted by Gasteiger charge is 2.35. The number of hydrogen-bond acceptors (Lipinski definition) is 10. The molecule has 0 spiro atoms. The zero-order valence-corrected chi connectivity index (χ0v) is 31.4. The van der Waals surface area contributed by atoms with Gasteiger partial charge >= 0.3 is 6.01 Å². The summed E-state index contributed by atoms with van der Waals surface area (Å²) in [5, 5.41) is 17.1. The van der Waals surface area contributed by atoms with Crippen molar-refractivity contribution in [1.82, 2.24) is 25.0 Å². The monoisotopic (exact) mass is 722 g/mol. The van der Waals surface area contributed by atoms with Crippen LogP contribution in [0.2, 0.25) is 0 Å². The van der Waals surface area contributed by atoms with Gasteiger partial charge < -0.3 is 24.0 Å². The molecule has 53 heavy (non-hydrogen) atoms. The lowest BCUT2D eigenvalue weighted by molar-refractivity contribution is 0.121. The summed E-state index contributed by atoms with van der Waals surface area (Å²) in [6.07, 6.45) is 8.18. The summed E-state index contributed by atoms with van der Waals surface area (Å²) in [5.41, 5.74) is 1.97. The molecule has 5 heterocycles. The molecule has 3 aromatic heterocycles. The lowest BCUT2D eigenvalue weighted by Crippen LogP contribution is -2.38. The van der Waals surface area contributed by atoms with Gasteiger partial charge in [0.2, 0.25) is 0 Å². The average molecular weight is 723 g/mol. The van der Waals surface area contributed by atoms with Crippen LogP contribution in [0.25, 0.3) is 32.9 Å². The van der Waals surface area contributed by atoms with E-state index >= 15 is 4.39 Å². The smallest absolute Gasteiger partial charge is 0.319 e. The molecule has 2 aromatic carbocycles. The Morgan fingerprint density at radius 1 is 1.00 bits per heavy atom. The largest absolute Gasteiger partial charge is 0.508 e. The van der Waals surface area contributed by atoms with E-state index in [1.54, 1.807) is 18.3 Å². The number of aryl methyl sites for hydroxylation is 1. The van der Waals surface area contributed by atoms with E-state index in [1.165, 1.54) is 19.3 Å². The van der Waals surface area contributed by atoms with Gasteiger partial charge in [-0.2, -0.15) is 9.97 Å². The van der Waals surface area contributed by atoms with Crippen molar-refractivity contribution in [3.8, 4) is 28.9 Å². The van der Waals surface area contributed by atoms with Crippen LogP contribution in [0.4, 0.5) is 10.2 Å². The Morgan fingerprint density at radius 2 is 1.79 bits per heavy atom. The molecule has 1 N–H and O–H groups in total. The third-order valence-corrected chi connectivity index (χ3v) is 12.0. The van der Waals surface area contributed by atoms with E-state index in [1.807, 2.05) is 24.3 Å².